The van der Waals surface area contributed by atoms with Gasteiger partial charge < -0.3 is 9.57 Å². The standard InChI is InChI=1S/C17H27NO4/c1-7-9-14(19)21-13-11-16(3,4)18(17(5,6)12-13)22-15(20)10-8-2/h7-10,13H,11-12H2,1-6H3/b9-7?,10-8+. The van der Waals surface area contributed by atoms with Crippen LogP contribution in [-0.4, -0.2) is 34.2 Å². The summed E-state index contributed by atoms with van der Waals surface area (Å²) in [4.78, 5) is 29.0. The Morgan fingerprint density at radius 1 is 0.955 bits per heavy atom. The van der Waals surface area contributed by atoms with Gasteiger partial charge in [-0.15, -0.1) is 5.06 Å². The van der Waals surface area contributed by atoms with Crippen LogP contribution in [-0.2, 0) is 19.2 Å². The van der Waals surface area contributed by atoms with Crippen LogP contribution in [0.2, 0.25) is 0 Å². The summed E-state index contributed by atoms with van der Waals surface area (Å²) in [5.74, 6) is -0.730. The lowest BCUT2D eigenvalue weighted by molar-refractivity contribution is -0.273. The van der Waals surface area contributed by atoms with Crippen LogP contribution in [0.5, 0.6) is 0 Å². The van der Waals surface area contributed by atoms with Crippen LogP contribution in [0.25, 0.3) is 0 Å². The minimum Gasteiger partial charge on any atom is -0.459 e. The third kappa shape index (κ3) is 4.70. The highest BCUT2D eigenvalue weighted by molar-refractivity contribution is 5.82. The maximum Gasteiger partial charge on any atom is 0.349 e. The van der Waals surface area contributed by atoms with Crippen LogP contribution in [0.1, 0.15) is 54.4 Å². The molecule has 0 aromatic carbocycles. The largest absolute Gasteiger partial charge is 0.459 e. The van der Waals surface area contributed by atoms with Gasteiger partial charge in [0.1, 0.15) is 6.10 Å². The van der Waals surface area contributed by atoms with Gasteiger partial charge in [0.15, 0.2) is 0 Å². The van der Waals surface area contributed by atoms with Crippen molar-refractivity contribution in [2.45, 2.75) is 71.6 Å². The van der Waals surface area contributed by atoms with Gasteiger partial charge in [-0.3, -0.25) is 0 Å². The summed E-state index contributed by atoms with van der Waals surface area (Å²) >= 11 is 0. The number of ether oxygens (including phenoxy) is 1. The normalized spacial score (nSPS) is 22.1. The number of carbonyl (C=O) groups excluding carboxylic acids is 2. The number of nitrogens with zero attached hydrogens (tertiary/aromatic N) is 1. The Kier molecular flexibility index (Phi) is 5.94. The lowest BCUT2D eigenvalue weighted by atomic mass is 9.80. The summed E-state index contributed by atoms with van der Waals surface area (Å²) in [7, 11) is 0. The molecular weight excluding hydrogens is 282 g/mol. The first-order valence-electron chi connectivity index (χ1n) is 7.60. The van der Waals surface area contributed by atoms with Crippen molar-refractivity contribution in [1.29, 1.82) is 0 Å². The molecule has 0 atom stereocenters. The molecule has 0 aromatic rings. The second-order valence-corrected chi connectivity index (χ2v) is 6.80. The van der Waals surface area contributed by atoms with Crippen molar-refractivity contribution in [3.63, 3.8) is 0 Å². The number of allylic oxidation sites excluding steroid dienone is 2. The molecule has 1 fully saturated rings. The first-order chi connectivity index (χ1) is 10.1. The molecule has 22 heavy (non-hydrogen) atoms. The van der Waals surface area contributed by atoms with E-state index in [4.69, 9.17) is 9.57 Å². The number of esters is 1. The first-order valence-corrected chi connectivity index (χ1v) is 7.60. The van der Waals surface area contributed by atoms with E-state index in [-0.39, 0.29) is 12.1 Å². The van der Waals surface area contributed by atoms with Crippen molar-refractivity contribution in [3.05, 3.63) is 24.3 Å². The van der Waals surface area contributed by atoms with Crippen LogP contribution >= 0.6 is 0 Å². The zero-order valence-corrected chi connectivity index (χ0v) is 14.4. The van der Waals surface area contributed by atoms with E-state index < -0.39 is 17.0 Å². The van der Waals surface area contributed by atoms with E-state index >= 15 is 0 Å². The van der Waals surface area contributed by atoms with Gasteiger partial charge in [-0.1, -0.05) is 12.2 Å². The Balaban J connectivity index is 2.88. The zero-order chi connectivity index (χ0) is 17.0. The quantitative estimate of drug-likeness (QED) is 0.590. The van der Waals surface area contributed by atoms with Crippen LogP contribution in [0.3, 0.4) is 0 Å². The minimum atomic E-state index is -0.431. The fourth-order valence-electron chi connectivity index (χ4n) is 3.10. The van der Waals surface area contributed by atoms with E-state index in [2.05, 4.69) is 0 Å². The summed E-state index contributed by atoms with van der Waals surface area (Å²) in [6.07, 6.45) is 7.11. The number of hydroxylamine groups is 2. The fraction of sp³-hybridized carbons (Fsp3) is 0.647. The number of hydrogen-bond donors (Lipinski definition) is 0. The van der Waals surface area contributed by atoms with Crippen LogP contribution in [0.15, 0.2) is 24.3 Å². The molecule has 1 aliphatic heterocycles. The highest BCUT2D eigenvalue weighted by atomic mass is 16.7. The van der Waals surface area contributed by atoms with Gasteiger partial charge in [0, 0.05) is 25.0 Å². The van der Waals surface area contributed by atoms with E-state index in [0.29, 0.717) is 12.8 Å². The summed E-state index contributed by atoms with van der Waals surface area (Å²) in [6.45, 7) is 11.5. The molecule has 0 radical (unpaired) electrons. The molecule has 0 aliphatic carbocycles. The van der Waals surface area contributed by atoms with E-state index in [1.54, 1.807) is 31.1 Å². The Morgan fingerprint density at radius 2 is 1.41 bits per heavy atom. The van der Waals surface area contributed by atoms with E-state index in [1.165, 1.54) is 12.2 Å². The topological polar surface area (TPSA) is 55.8 Å². The number of piperidine rings is 1. The Bertz CT molecular complexity index is 459. The maximum absolute atomic E-state index is 11.8. The van der Waals surface area contributed by atoms with Gasteiger partial charge in [0.25, 0.3) is 0 Å². The SMILES string of the molecule is CC=CC(=O)OC1CC(C)(C)N(OC(=O)/C=C/C)C(C)(C)C1. The van der Waals surface area contributed by atoms with Crippen LogP contribution < -0.4 is 0 Å². The molecule has 1 rings (SSSR count). The smallest absolute Gasteiger partial charge is 0.349 e. The lowest BCUT2D eigenvalue weighted by Gasteiger charge is -2.52. The van der Waals surface area contributed by atoms with E-state index in [9.17, 15) is 9.59 Å². The third-order valence-electron chi connectivity index (χ3n) is 3.62. The molecule has 0 amide bonds. The molecule has 0 aromatic heterocycles. The molecule has 124 valence electrons. The van der Waals surface area contributed by atoms with Crippen LogP contribution in [0.4, 0.5) is 0 Å². The van der Waals surface area contributed by atoms with Crippen molar-refractivity contribution in [3.8, 4) is 0 Å². The van der Waals surface area contributed by atoms with Crippen molar-refractivity contribution in [2.24, 2.45) is 0 Å². The molecular formula is C17H27NO4. The molecule has 0 spiro atoms. The predicted octanol–water partition coefficient (Wildman–Crippen LogP) is 3.16. The molecule has 0 bridgehead atoms. The Labute approximate surface area is 132 Å². The van der Waals surface area contributed by atoms with E-state index in [0.717, 1.165) is 0 Å². The molecule has 1 heterocycles. The molecule has 5 heteroatoms. The van der Waals surface area contributed by atoms with E-state index in [1.807, 2.05) is 27.7 Å². The van der Waals surface area contributed by atoms with Gasteiger partial charge in [0.05, 0.1) is 11.1 Å². The number of carbonyl (C=O) groups is 2. The summed E-state index contributed by atoms with van der Waals surface area (Å²) in [5.41, 5.74) is -0.861. The van der Waals surface area contributed by atoms with Gasteiger partial charge in [-0.2, -0.15) is 0 Å². The lowest BCUT2D eigenvalue weighted by Crippen LogP contribution is -2.62. The highest BCUT2D eigenvalue weighted by Crippen LogP contribution is 2.39. The zero-order valence-electron chi connectivity index (χ0n) is 14.4. The van der Waals surface area contributed by atoms with Gasteiger partial charge in [-0.25, -0.2) is 9.59 Å². The summed E-state index contributed by atoms with van der Waals surface area (Å²) < 4.78 is 5.50. The molecule has 0 unspecified atom stereocenters. The maximum atomic E-state index is 11.8. The number of hydrogen-bond acceptors (Lipinski definition) is 5. The highest BCUT2D eigenvalue weighted by Gasteiger charge is 2.49. The molecule has 0 N–H and O–H groups in total. The average molecular weight is 309 g/mol. The second kappa shape index (κ2) is 7.09. The van der Waals surface area contributed by atoms with Crippen molar-refractivity contribution < 1.29 is 19.2 Å². The first kappa shape index (κ1) is 18.4. The molecule has 1 aliphatic rings. The van der Waals surface area contributed by atoms with Gasteiger partial charge in [-0.05, 0) is 41.5 Å². The van der Waals surface area contributed by atoms with Gasteiger partial charge >= 0.3 is 11.9 Å². The minimum absolute atomic E-state index is 0.203. The van der Waals surface area contributed by atoms with Crippen molar-refractivity contribution >= 4 is 11.9 Å². The Hall–Kier alpha value is -1.62. The van der Waals surface area contributed by atoms with Gasteiger partial charge in [0.2, 0.25) is 0 Å². The monoisotopic (exact) mass is 309 g/mol. The summed E-state index contributed by atoms with van der Waals surface area (Å²) in [6, 6.07) is 0. The van der Waals surface area contributed by atoms with Crippen molar-refractivity contribution in [1.82, 2.24) is 5.06 Å². The Morgan fingerprint density at radius 3 is 1.86 bits per heavy atom. The third-order valence-corrected chi connectivity index (χ3v) is 3.62. The fourth-order valence-corrected chi connectivity index (χ4v) is 3.10. The molecule has 1 saturated heterocycles. The average Bonchev–Trinajstić information content (AvgIpc) is 2.33. The number of rotatable bonds is 4. The van der Waals surface area contributed by atoms with Crippen molar-refractivity contribution in [2.75, 3.05) is 0 Å². The molecule has 0 saturated carbocycles. The molecule has 5 nitrogen and oxygen atoms in total. The second-order valence-electron chi connectivity index (χ2n) is 6.80. The van der Waals surface area contributed by atoms with Crippen LogP contribution in [0, 0.1) is 0 Å². The summed E-state index contributed by atoms with van der Waals surface area (Å²) in [5, 5.41) is 1.72. The predicted molar refractivity (Wildman–Crippen MR) is 84.8 cm³/mol.